The molecule has 0 aliphatic carbocycles. The van der Waals surface area contributed by atoms with Gasteiger partial charge in [-0.25, -0.2) is 0 Å². The van der Waals surface area contributed by atoms with Crippen LogP contribution in [-0.4, -0.2) is 12.5 Å². The Kier molecular flexibility index (Phi) is 3.52. The van der Waals surface area contributed by atoms with Crippen LogP contribution >= 0.6 is 0 Å². The molecule has 0 saturated carbocycles. The standard InChI is InChI=1S/C16H16N2O/c1-3-9-16(10-11-17)13-7-5-6-8-14(13)18(12-4-2)15(16)19/h3-8H,1-2,9-10,12H2. The van der Waals surface area contributed by atoms with Crippen LogP contribution in [0.4, 0.5) is 5.69 Å². The number of hydrogen-bond acceptors (Lipinski definition) is 2. The van der Waals surface area contributed by atoms with Gasteiger partial charge in [-0.3, -0.25) is 4.79 Å². The van der Waals surface area contributed by atoms with E-state index in [0.29, 0.717) is 13.0 Å². The lowest BCUT2D eigenvalue weighted by molar-refractivity contribution is -0.122. The van der Waals surface area contributed by atoms with Gasteiger partial charge in [-0.2, -0.15) is 5.26 Å². The summed E-state index contributed by atoms with van der Waals surface area (Å²) in [5, 5.41) is 9.10. The highest BCUT2D eigenvalue weighted by Gasteiger charge is 2.49. The highest BCUT2D eigenvalue weighted by Crippen LogP contribution is 2.46. The lowest BCUT2D eigenvalue weighted by Gasteiger charge is -2.24. The summed E-state index contributed by atoms with van der Waals surface area (Å²) in [4.78, 5) is 14.4. The lowest BCUT2D eigenvalue weighted by atomic mass is 9.76. The molecule has 0 fully saturated rings. The lowest BCUT2D eigenvalue weighted by Crippen LogP contribution is -2.40. The van der Waals surface area contributed by atoms with Gasteiger partial charge in [-0.15, -0.1) is 13.2 Å². The van der Waals surface area contributed by atoms with Crippen molar-refractivity contribution in [1.29, 1.82) is 5.26 Å². The summed E-state index contributed by atoms with van der Waals surface area (Å²) in [5.41, 5.74) is 1.02. The molecule has 1 aliphatic heterocycles. The molecule has 1 unspecified atom stereocenters. The third-order valence-corrected chi connectivity index (χ3v) is 3.55. The van der Waals surface area contributed by atoms with Crippen LogP contribution in [0, 0.1) is 11.3 Å². The average Bonchev–Trinajstić information content (AvgIpc) is 2.64. The van der Waals surface area contributed by atoms with Crippen molar-refractivity contribution in [2.45, 2.75) is 18.3 Å². The first-order chi connectivity index (χ1) is 9.21. The highest BCUT2D eigenvalue weighted by molar-refractivity contribution is 6.08. The number of fused-ring (bicyclic) bond motifs is 1. The van der Waals surface area contributed by atoms with Crippen molar-refractivity contribution < 1.29 is 4.79 Å². The molecule has 1 aliphatic rings. The zero-order valence-electron chi connectivity index (χ0n) is 10.8. The quantitative estimate of drug-likeness (QED) is 0.756. The molecular formula is C16H16N2O. The van der Waals surface area contributed by atoms with Gasteiger partial charge in [0, 0.05) is 12.2 Å². The average molecular weight is 252 g/mol. The second-order valence-electron chi connectivity index (χ2n) is 4.63. The first-order valence-corrected chi connectivity index (χ1v) is 6.21. The topological polar surface area (TPSA) is 44.1 Å². The fourth-order valence-corrected chi connectivity index (χ4v) is 2.73. The SMILES string of the molecule is C=CCN1C(=O)C(CC#N)(CC=C)c2ccccc21. The van der Waals surface area contributed by atoms with Crippen LogP contribution in [-0.2, 0) is 10.2 Å². The molecule has 1 aromatic rings. The fourth-order valence-electron chi connectivity index (χ4n) is 2.73. The fraction of sp³-hybridized carbons (Fsp3) is 0.250. The highest BCUT2D eigenvalue weighted by atomic mass is 16.2. The van der Waals surface area contributed by atoms with Crippen LogP contribution in [0.25, 0.3) is 0 Å². The zero-order chi connectivity index (χ0) is 13.9. The van der Waals surface area contributed by atoms with Crippen molar-refractivity contribution >= 4 is 11.6 Å². The molecule has 1 atom stereocenters. The number of nitriles is 1. The van der Waals surface area contributed by atoms with E-state index in [2.05, 4.69) is 19.2 Å². The molecule has 0 aromatic heterocycles. The number of carbonyl (C=O) groups is 1. The normalized spacial score (nSPS) is 20.8. The maximum Gasteiger partial charge on any atom is 0.239 e. The summed E-state index contributed by atoms with van der Waals surface area (Å²) in [7, 11) is 0. The van der Waals surface area contributed by atoms with Gasteiger partial charge < -0.3 is 4.90 Å². The van der Waals surface area contributed by atoms with E-state index in [0.717, 1.165) is 11.3 Å². The molecule has 1 heterocycles. The van der Waals surface area contributed by atoms with Crippen molar-refractivity contribution in [3.05, 3.63) is 55.1 Å². The van der Waals surface area contributed by atoms with Crippen LogP contribution < -0.4 is 4.90 Å². The van der Waals surface area contributed by atoms with Crippen LogP contribution in [0.1, 0.15) is 18.4 Å². The Hall–Kier alpha value is -2.34. The van der Waals surface area contributed by atoms with Gasteiger partial charge >= 0.3 is 0 Å². The molecule has 1 aromatic carbocycles. The van der Waals surface area contributed by atoms with Crippen LogP contribution in [0.3, 0.4) is 0 Å². The minimum Gasteiger partial charge on any atom is -0.307 e. The Morgan fingerprint density at radius 3 is 2.68 bits per heavy atom. The Morgan fingerprint density at radius 2 is 2.05 bits per heavy atom. The zero-order valence-corrected chi connectivity index (χ0v) is 10.8. The second kappa shape index (κ2) is 5.11. The van der Waals surface area contributed by atoms with Gasteiger partial charge in [0.1, 0.15) is 0 Å². The van der Waals surface area contributed by atoms with Crippen molar-refractivity contribution in [2.75, 3.05) is 11.4 Å². The van der Waals surface area contributed by atoms with Gasteiger partial charge in [-0.05, 0) is 18.1 Å². The van der Waals surface area contributed by atoms with Crippen molar-refractivity contribution in [3.8, 4) is 6.07 Å². The Morgan fingerprint density at radius 1 is 1.32 bits per heavy atom. The van der Waals surface area contributed by atoms with Gasteiger partial charge in [0.05, 0.1) is 17.9 Å². The molecule has 2 rings (SSSR count). The molecule has 3 nitrogen and oxygen atoms in total. The molecule has 0 saturated heterocycles. The first-order valence-electron chi connectivity index (χ1n) is 6.21. The number of rotatable bonds is 5. The van der Waals surface area contributed by atoms with E-state index in [1.807, 2.05) is 24.3 Å². The molecule has 0 bridgehead atoms. The minimum atomic E-state index is -0.782. The maximum atomic E-state index is 12.7. The van der Waals surface area contributed by atoms with E-state index in [1.165, 1.54) is 0 Å². The minimum absolute atomic E-state index is 0.0324. The monoisotopic (exact) mass is 252 g/mol. The van der Waals surface area contributed by atoms with Crippen molar-refractivity contribution in [2.24, 2.45) is 0 Å². The summed E-state index contributed by atoms with van der Waals surface area (Å²) >= 11 is 0. The molecule has 0 spiro atoms. The largest absolute Gasteiger partial charge is 0.307 e. The molecule has 0 radical (unpaired) electrons. The van der Waals surface area contributed by atoms with E-state index in [4.69, 9.17) is 5.26 Å². The summed E-state index contributed by atoms with van der Waals surface area (Å²) in [6, 6.07) is 9.79. The number of benzene rings is 1. The summed E-state index contributed by atoms with van der Waals surface area (Å²) < 4.78 is 0. The van der Waals surface area contributed by atoms with Crippen LogP contribution in [0.15, 0.2) is 49.6 Å². The van der Waals surface area contributed by atoms with E-state index < -0.39 is 5.41 Å². The Balaban J connectivity index is 2.62. The van der Waals surface area contributed by atoms with Crippen molar-refractivity contribution in [1.82, 2.24) is 0 Å². The predicted octanol–water partition coefficient (Wildman–Crippen LogP) is 2.95. The smallest absolute Gasteiger partial charge is 0.239 e. The summed E-state index contributed by atoms with van der Waals surface area (Å²) in [6.45, 7) is 7.88. The van der Waals surface area contributed by atoms with Gasteiger partial charge in [0.15, 0.2) is 0 Å². The summed E-state index contributed by atoms with van der Waals surface area (Å²) in [5.74, 6) is -0.0324. The van der Waals surface area contributed by atoms with Gasteiger partial charge in [0.25, 0.3) is 0 Å². The second-order valence-corrected chi connectivity index (χ2v) is 4.63. The first kappa shape index (κ1) is 13.1. The van der Waals surface area contributed by atoms with E-state index in [9.17, 15) is 4.79 Å². The number of allylic oxidation sites excluding steroid dienone is 1. The molecule has 96 valence electrons. The van der Waals surface area contributed by atoms with E-state index in [-0.39, 0.29) is 12.3 Å². The molecule has 3 heteroatoms. The molecular weight excluding hydrogens is 236 g/mol. The Bertz CT molecular complexity index is 570. The third-order valence-electron chi connectivity index (χ3n) is 3.55. The molecule has 19 heavy (non-hydrogen) atoms. The van der Waals surface area contributed by atoms with E-state index in [1.54, 1.807) is 17.1 Å². The number of para-hydroxylation sites is 1. The Labute approximate surface area is 113 Å². The number of carbonyl (C=O) groups excluding carboxylic acids is 1. The summed E-state index contributed by atoms with van der Waals surface area (Å²) in [6.07, 6.45) is 4.06. The van der Waals surface area contributed by atoms with E-state index >= 15 is 0 Å². The third kappa shape index (κ3) is 1.86. The molecule has 1 amide bonds. The van der Waals surface area contributed by atoms with Gasteiger partial charge in [0.2, 0.25) is 5.91 Å². The maximum absolute atomic E-state index is 12.7. The number of amides is 1. The van der Waals surface area contributed by atoms with Gasteiger partial charge in [-0.1, -0.05) is 30.4 Å². The number of anilines is 1. The number of nitrogens with zero attached hydrogens (tertiary/aromatic N) is 2. The number of hydrogen-bond donors (Lipinski definition) is 0. The predicted molar refractivity (Wildman–Crippen MR) is 75.7 cm³/mol. The molecule has 0 N–H and O–H groups in total. The van der Waals surface area contributed by atoms with Crippen LogP contribution in [0.5, 0.6) is 0 Å². The van der Waals surface area contributed by atoms with Crippen molar-refractivity contribution in [3.63, 3.8) is 0 Å². The van der Waals surface area contributed by atoms with Crippen LogP contribution in [0.2, 0.25) is 0 Å².